The Hall–Kier alpha value is -2.21. The maximum Gasteiger partial charge on any atom is 0.273 e. The summed E-state index contributed by atoms with van der Waals surface area (Å²) < 4.78 is 1.64. The quantitative estimate of drug-likeness (QED) is 0.802. The van der Waals surface area contributed by atoms with Crippen molar-refractivity contribution < 1.29 is 9.90 Å². The number of rotatable bonds is 7. The van der Waals surface area contributed by atoms with Crippen LogP contribution in [0.5, 0.6) is 0 Å². The molecule has 6 heteroatoms. The summed E-state index contributed by atoms with van der Waals surface area (Å²) in [6, 6.07) is 9.82. The van der Waals surface area contributed by atoms with Crippen LogP contribution in [0.4, 0.5) is 0 Å². The number of hydrogen-bond donors (Lipinski definition) is 2. The number of carbonyl (C=O) groups is 1. The van der Waals surface area contributed by atoms with Crippen molar-refractivity contribution in [1.29, 1.82) is 0 Å². The van der Waals surface area contributed by atoms with Crippen LogP contribution in [-0.4, -0.2) is 38.7 Å². The predicted molar refractivity (Wildman–Crippen MR) is 78.8 cm³/mol. The Morgan fingerprint density at radius 1 is 1.38 bits per heavy atom. The highest BCUT2D eigenvalue weighted by atomic mass is 16.3. The third kappa shape index (κ3) is 4.39. The number of benzene rings is 1. The Balaban J connectivity index is 1.97. The fraction of sp³-hybridized carbons (Fsp3) is 0.400. The number of aliphatic hydroxyl groups excluding tert-OH is 1. The Morgan fingerprint density at radius 2 is 2.14 bits per heavy atom. The van der Waals surface area contributed by atoms with Crippen LogP contribution in [0, 0.1) is 0 Å². The van der Waals surface area contributed by atoms with Crippen LogP contribution in [-0.2, 0) is 6.54 Å². The van der Waals surface area contributed by atoms with E-state index < -0.39 is 0 Å². The van der Waals surface area contributed by atoms with Crippen molar-refractivity contribution in [3.8, 4) is 0 Å². The molecule has 21 heavy (non-hydrogen) atoms. The van der Waals surface area contributed by atoms with E-state index in [0.717, 1.165) is 12.0 Å². The zero-order valence-corrected chi connectivity index (χ0v) is 12.1. The molecule has 0 aliphatic heterocycles. The van der Waals surface area contributed by atoms with Crippen LogP contribution in [0.25, 0.3) is 0 Å². The van der Waals surface area contributed by atoms with Gasteiger partial charge in [-0.2, -0.15) is 0 Å². The van der Waals surface area contributed by atoms with Crippen molar-refractivity contribution in [2.45, 2.75) is 32.4 Å². The van der Waals surface area contributed by atoms with E-state index in [2.05, 4.69) is 15.6 Å². The molecule has 1 aromatic heterocycles. The fourth-order valence-corrected chi connectivity index (χ4v) is 2.04. The van der Waals surface area contributed by atoms with Gasteiger partial charge in [-0.05, 0) is 18.4 Å². The van der Waals surface area contributed by atoms with Crippen molar-refractivity contribution in [2.24, 2.45) is 0 Å². The summed E-state index contributed by atoms with van der Waals surface area (Å²) in [6.07, 6.45) is 2.94. The average molecular weight is 288 g/mol. The van der Waals surface area contributed by atoms with Crippen molar-refractivity contribution >= 4 is 5.91 Å². The third-order valence-corrected chi connectivity index (χ3v) is 3.26. The van der Waals surface area contributed by atoms with Crippen LogP contribution in [0.3, 0.4) is 0 Å². The zero-order chi connectivity index (χ0) is 15.1. The topological polar surface area (TPSA) is 80.0 Å². The lowest BCUT2D eigenvalue weighted by Crippen LogP contribution is -2.35. The highest BCUT2D eigenvalue weighted by Gasteiger charge is 2.15. The molecule has 0 saturated carbocycles. The van der Waals surface area contributed by atoms with Crippen LogP contribution in [0.1, 0.15) is 35.8 Å². The maximum absolute atomic E-state index is 12.0. The van der Waals surface area contributed by atoms with Gasteiger partial charge in [-0.3, -0.25) is 4.79 Å². The van der Waals surface area contributed by atoms with Gasteiger partial charge < -0.3 is 10.4 Å². The maximum atomic E-state index is 12.0. The molecular weight excluding hydrogens is 268 g/mol. The van der Waals surface area contributed by atoms with Crippen molar-refractivity contribution in [3.05, 3.63) is 47.8 Å². The van der Waals surface area contributed by atoms with Crippen molar-refractivity contribution in [1.82, 2.24) is 20.3 Å². The number of nitrogens with one attached hydrogen (secondary N) is 1. The fourth-order valence-electron chi connectivity index (χ4n) is 2.04. The van der Waals surface area contributed by atoms with Gasteiger partial charge in [-0.15, -0.1) is 5.10 Å². The summed E-state index contributed by atoms with van der Waals surface area (Å²) in [7, 11) is 0. The summed E-state index contributed by atoms with van der Waals surface area (Å²) in [4.78, 5) is 12.0. The second-order valence-electron chi connectivity index (χ2n) is 4.88. The summed E-state index contributed by atoms with van der Waals surface area (Å²) in [5.74, 6) is -0.255. The third-order valence-electron chi connectivity index (χ3n) is 3.26. The molecule has 112 valence electrons. The predicted octanol–water partition coefficient (Wildman–Crippen LogP) is 1.22. The van der Waals surface area contributed by atoms with Gasteiger partial charge in [0, 0.05) is 12.6 Å². The second-order valence-corrected chi connectivity index (χ2v) is 4.88. The molecule has 0 saturated heterocycles. The van der Waals surface area contributed by atoms with E-state index in [-0.39, 0.29) is 18.6 Å². The number of aliphatic hydroxyl groups is 1. The van der Waals surface area contributed by atoms with Gasteiger partial charge in [0.15, 0.2) is 5.69 Å². The summed E-state index contributed by atoms with van der Waals surface area (Å²) >= 11 is 0. The SMILES string of the molecule is CCC(CCO)NC(=O)c1cn(Cc2ccccc2)nn1. The Bertz CT molecular complexity index is 568. The van der Waals surface area contributed by atoms with E-state index in [9.17, 15) is 4.79 Å². The van der Waals surface area contributed by atoms with E-state index in [1.165, 1.54) is 0 Å². The molecule has 6 nitrogen and oxygen atoms in total. The lowest BCUT2D eigenvalue weighted by Gasteiger charge is -2.14. The van der Waals surface area contributed by atoms with Gasteiger partial charge in [-0.25, -0.2) is 4.68 Å². The molecule has 2 N–H and O–H groups in total. The minimum absolute atomic E-state index is 0.0400. The lowest BCUT2D eigenvalue weighted by molar-refractivity contribution is 0.0924. The first-order valence-corrected chi connectivity index (χ1v) is 7.08. The molecule has 1 heterocycles. The minimum Gasteiger partial charge on any atom is -0.396 e. The highest BCUT2D eigenvalue weighted by molar-refractivity contribution is 5.92. The van der Waals surface area contributed by atoms with E-state index in [1.807, 2.05) is 37.3 Å². The molecule has 2 rings (SSSR count). The Kier molecular flexibility index (Phi) is 5.45. The van der Waals surface area contributed by atoms with E-state index in [4.69, 9.17) is 5.11 Å². The van der Waals surface area contributed by atoms with Gasteiger partial charge >= 0.3 is 0 Å². The molecule has 0 spiro atoms. The van der Waals surface area contributed by atoms with Crippen LogP contribution in [0.15, 0.2) is 36.5 Å². The number of carbonyl (C=O) groups excluding carboxylic acids is 1. The number of aromatic nitrogens is 3. The van der Waals surface area contributed by atoms with Gasteiger partial charge in [0.2, 0.25) is 0 Å². The molecule has 0 aliphatic carbocycles. The van der Waals surface area contributed by atoms with Crippen LogP contribution in [0.2, 0.25) is 0 Å². The van der Waals surface area contributed by atoms with Gasteiger partial charge in [0.25, 0.3) is 5.91 Å². The largest absolute Gasteiger partial charge is 0.396 e. The monoisotopic (exact) mass is 288 g/mol. The Morgan fingerprint density at radius 3 is 2.81 bits per heavy atom. The zero-order valence-electron chi connectivity index (χ0n) is 12.1. The summed E-state index contributed by atoms with van der Waals surface area (Å²) in [5.41, 5.74) is 1.39. The molecule has 0 radical (unpaired) electrons. The molecule has 1 unspecified atom stereocenters. The van der Waals surface area contributed by atoms with Gasteiger partial charge in [0.05, 0.1) is 12.7 Å². The molecule has 0 bridgehead atoms. The Labute approximate surface area is 123 Å². The van der Waals surface area contributed by atoms with E-state index in [1.54, 1.807) is 10.9 Å². The normalized spacial score (nSPS) is 12.1. The molecule has 1 aromatic carbocycles. The highest BCUT2D eigenvalue weighted by Crippen LogP contribution is 2.03. The van der Waals surface area contributed by atoms with Crippen molar-refractivity contribution in [3.63, 3.8) is 0 Å². The molecular formula is C15H20N4O2. The van der Waals surface area contributed by atoms with E-state index >= 15 is 0 Å². The van der Waals surface area contributed by atoms with Gasteiger partial charge in [-0.1, -0.05) is 42.5 Å². The number of amides is 1. The molecule has 2 aromatic rings. The van der Waals surface area contributed by atoms with E-state index in [0.29, 0.717) is 18.7 Å². The number of nitrogens with zero attached hydrogens (tertiary/aromatic N) is 3. The van der Waals surface area contributed by atoms with Crippen LogP contribution < -0.4 is 5.32 Å². The minimum atomic E-state index is -0.255. The first-order valence-electron chi connectivity index (χ1n) is 7.08. The molecule has 0 fully saturated rings. The van der Waals surface area contributed by atoms with Crippen molar-refractivity contribution in [2.75, 3.05) is 6.61 Å². The molecule has 1 amide bonds. The summed E-state index contributed by atoms with van der Waals surface area (Å²) in [5, 5.41) is 19.6. The van der Waals surface area contributed by atoms with Crippen LogP contribution >= 0.6 is 0 Å². The smallest absolute Gasteiger partial charge is 0.273 e. The molecule has 1 atom stereocenters. The first-order chi connectivity index (χ1) is 10.2. The van der Waals surface area contributed by atoms with Gasteiger partial charge in [0.1, 0.15) is 0 Å². The lowest BCUT2D eigenvalue weighted by atomic mass is 10.1. The average Bonchev–Trinajstić information content (AvgIpc) is 2.96. The standard InChI is InChI=1S/C15H20N4O2/c1-2-13(8-9-20)16-15(21)14-11-19(18-17-14)10-12-6-4-3-5-7-12/h3-7,11,13,20H,2,8-10H2,1H3,(H,16,21). The second kappa shape index (κ2) is 7.54. The molecule has 0 aliphatic rings. The summed E-state index contributed by atoms with van der Waals surface area (Å²) in [6.45, 7) is 2.60. The first kappa shape index (κ1) is 15.2. The number of hydrogen-bond acceptors (Lipinski definition) is 4.